The maximum absolute atomic E-state index is 9.97. The van der Waals surface area contributed by atoms with Gasteiger partial charge in [-0.2, -0.15) is 0 Å². The molecule has 0 aromatic heterocycles. The van der Waals surface area contributed by atoms with Crippen molar-refractivity contribution >= 4 is 5.69 Å². The minimum Gasteiger partial charge on any atom is -0.495 e. The number of aliphatic hydroxyl groups is 1. The lowest BCUT2D eigenvalue weighted by atomic mass is 9.81. The predicted molar refractivity (Wildman–Crippen MR) is 69.6 cm³/mol. The molecule has 17 heavy (non-hydrogen) atoms. The summed E-state index contributed by atoms with van der Waals surface area (Å²) in [4.78, 5) is 2.30. The summed E-state index contributed by atoms with van der Waals surface area (Å²) in [6.07, 6.45) is 0.596. The second-order valence-corrected chi connectivity index (χ2v) is 5.39. The van der Waals surface area contributed by atoms with Crippen LogP contribution in [0.15, 0.2) is 24.3 Å². The number of benzene rings is 1. The number of para-hydroxylation sites is 2. The molecule has 0 bridgehead atoms. The van der Waals surface area contributed by atoms with Crippen LogP contribution in [-0.2, 0) is 0 Å². The van der Waals surface area contributed by atoms with Crippen molar-refractivity contribution in [3.63, 3.8) is 0 Å². The van der Waals surface area contributed by atoms with Crippen molar-refractivity contribution in [3.8, 4) is 5.75 Å². The van der Waals surface area contributed by atoms with E-state index in [4.69, 9.17) is 4.74 Å². The van der Waals surface area contributed by atoms with Crippen molar-refractivity contribution in [3.05, 3.63) is 24.3 Å². The largest absolute Gasteiger partial charge is 0.495 e. The highest BCUT2D eigenvalue weighted by molar-refractivity contribution is 5.58. The molecule has 94 valence electrons. The summed E-state index contributed by atoms with van der Waals surface area (Å²) in [5.41, 5.74) is 1.05. The molecule has 1 unspecified atom stereocenters. The SMILES string of the molecule is COc1ccccc1N1CCC(O)C(C)(C)C1. The monoisotopic (exact) mass is 235 g/mol. The molecule has 2 rings (SSSR count). The topological polar surface area (TPSA) is 32.7 Å². The summed E-state index contributed by atoms with van der Waals surface area (Å²) in [5.74, 6) is 0.902. The lowest BCUT2D eigenvalue weighted by Crippen LogP contribution is -2.48. The van der Waals surface area contributed by atoms with E-state index in [-0.39, 0.29) is 11.5 Å². The number of rotatable bonds is 2. The van der Waals surface area contributed by atoms with Gasteiger partial charge in [0.1, 0.15) is 5.75 Å². The van der Waals surface area contributed by atoms with E-state index in [2.05, 4.69) is 24.8 Å². The Morgan fingerprint density at radius 1 is 1.35 bits per heavy atom. The molecule has 0 spiro atoms. The third-order valence-electron chi connectivity index (χ3n) is 3.60. The van der Waals surface area contributed by atoms with Crippen LogP contribution in [0, 0.1) is 5.41 Å². The first-order valence-corrected chi connectivity index (χ1v) is 6.10. The maximum atomic E-state index is 9.97. The first-order chi connectivity index (χ1) is 8.04. The molecular weight excluding hydrogens is 214 g/mol. The Kier molecular flexibility index (Phi) is 3.29. The molecule has 0 amide bonds. The fourth-order valence-electron chi connectivity index (χ4n) is 2.44. The van der Waals surface area contributed by atoms with Crippen LogP contribution < -0.4 is 9.64 Å². The zero-order valence-electron chi connectivity index (χ0n) is 10.8. The second kappa shape index (κ2) is 4.57. The zero-order chi connectivity index (χ0) is 12.5. The lowest BCUT2D eigenvalue weighted by molar-refractivity contribution is 0.0335. The van der Waals surface area contributed by atoms with Gasteiger partial charge in [-0.05, 0) is 18.6 Å². The van der Waals surface area contributed by atoms with Crippen LogP contribution in [0.1, 0.15) is 20.3 Å². The van der Waals surface area contributed by atoms with Gasteiger partial charge in [0, 0.05) is 18.5 Å². The molecule has 3 heteroatoms. The summed E-state index contributed by atoms with van der Waals surface area (Å²) >= 11 is 0. The highest BCUT2D eigenvalue weighted by Gasteiger charge is 2.35. The normalized spacial score (nSPS) is 23.5. The fourth-order valence-corrected chi connectivity index (χ4v) is 2.44. The van der Waals surface area contributed by atoms with Crippen molar-refractivity contribution in [2.45, 2.75) is 26.4 Å². The number of anilines is 1. The molecule has 1 fully saturated rings. The van der Waals surface area contributed by atoms with E-state index in [1.807, 2.05) is 18.2 Å². The molecular formula is C14H21NO2. The van der Waals surface area contributed by atoms with E-state index in [0.717, 1.165) is 30.9 Å². The predicted octanol–water partition coefficient (Wildman–Crippen LogP) is 2.29. The smallest absolute Gasteiger partial charge is 0.142 e. The Balaban J connectivity index is 2.23. The molecule has 0 saturated carbocycles. The van der Waals surface area contributed by atoms with Gasteiger partial charge in [-0.15, -0.1) is 0 Å². The van der Waals surface area contributed by atoms with E-state index in [1.54, 1.807) is 7.11 Å². The average molecular weight is 235 g/mol. The standard InChI is InChI=1S/C14H21NO2/c1-14(2)10-15(9-8-13(14)16)11-6-4-5-7-12(11)17-3/h4-7,13,16H,8-10H2,1-3H3. The zero-order valence-corrected chi connectivity index (χ0v) is 10.8. The number of aliphatic hydroxyl groups excluding tert-OH is 1. The third-order valence-corrected chi connectivity index (χ3v) is 3.60. The molecule has 3 nitrogen and oxygen atoms in total. The van der Waals surface area contributed by atoms with Crippen LogP contribution in [0.5, 0.6) is 5.75 Å². The van der Waals surface area contributed by atoms with Gasteiger partial charge < -0.3 is 14.7 Å². The van der Waals surface area contributed by atoms with Gasteiger partial charge in [0.2, 0.25) is 0 Å². The molecule has 1 saturated heterocycles. The van der Waals surface area contributed by atoms with E-state index in [9.17, 15) is 5.11 Å². The van der Waals surface area contributed by atoms with Gasteiger partial charge in [-0.1, -0.05) is 26.0 Å². The first kappa shape index (κ1) is 12.2. The van der Waals surface area contributed by atoms with Crippen LogP contribution in [0.2, 0.25) is 0 Å². The van der Waals surface area contributed by atoms with E-state index >= 15 is 0 Å². The van der Waals surface area contributed by atoms with Gasteiger partial charge in [0.05, 0.1) is 18.9 Å². The summed E-state index contributed by atoms with van der Waals surface area (Å²) in [7, 11) is 1.70. The number of hydrogen-bond donors (Lipinski definition) is 1. The maximum Gasteiger partial charge on any atom is 0.142 e. The molecule has 1 aromatic rings. The number of nitrogens with zero attached hydrogens (tertiary/aromatic N) is 1. The number of methoxy groups -OCH3 is 1. The quantitative estimate of drug-likeness (QED) is 0.853. The van der Waals surface area contributed by atoms with Crippen molar-refractivity contribution < 1.29 is 9.84 Å². The first-order valence-electron chi connectivity index (χ1n) is 6.10. The summed E-state index contributed by atoms with van der Waals surface area (Å²) in [5, 5.41) is 9.97. The van der Waals surface area contributed by atoms with Crippen LogP contribution in [0.3, 0.4) is 0 Å². The number of hydrogen-bond acceptors (Lipinski definition) is 3. The molecule has 1 aromatic carbocycles. The third kappa shape index (κ3) is 2.39. The number of ether oxygens (including phenoxy) is 1. The minimum atomic E-state index is -0.214. The lowest BCUT2D eigenvalue weighted by Gasteiger charge is -2.43. The summed E-state index contributed by atoms with van der Waals surface area (Å²) in [6.45, 7) is 5.96. The fraction of sp³-hybridized carbons (Fsp3) is 0.571. The van der Waals surface area contributed by atoms with Crippen LogP contribution in [-0.4, -0.2) is 31.4 Å². The number of piperidine rings is 1. The van der Waals surface area contributed by atoms with Gasteiger partial charge in [-0.25, -0.2) is 0 Å². The van der Waals surface area contributed by atoms with Crippen LogP contribution in [0.25, 0.3) is 0 Å². The van der Waals surface area contributed by atoms with E-state index in [1.165, 1.54) is 0 Å². The van der Waals surface area contributed by atoms with Crippen LogP contribution in [0.4, 0.5) is 5.69 Å². The Labute approximate surface area is 103 Å². The van der Waals surface area contributed by atoms with Crippen molar-refractivity contribution in [1.29, 1.82) is 0 Å². The van der Waals surface area contributed by atoms with Crippen molar-refractivity contribution in [2.24, 2.45) is 5.41 Å². The molecule has 1 atom stereocenters. The summed E-state index contributed by atoms with van der Waals surface area (Å²) in [6, 6.07) is 8.06. The highest BCUT2D eigenvalue weighted by Crippen LogP contribution is 2.35. The van der Waals surface area contributed by atoms with Gasteiger partial charge in [-0.3, -0.25) is 0 Å². The highest BCUT2D eigenvalue weighted by atomic mass is 16.5. The van der Waals surface area contributed by atoms with Gasteiger partial charge >= 0.3 is 0 Å². The molecule has 1 aliphatic heterocycles. The second-order valence-electron chi connectivity index (χ2n) is 5.39. The van der Waals surface area contributed by atoms with Crippen molar-refractivity contribution in [2.75, 3.05) is 25.1 Å². The van der Waals surface area contributed by atoms with E-state index in [0.29, 0.717) is 0 Å². The van der Waals surface area contributed by atoms with Crippen LogP contribution >= 0.6 is 0 Å². The molecule has 1 N–H and O–H groups in total. The van der Waals surface area contributed by atoms with Gasteiger partial charge in [0.15, 0.2) is 0 Å². The minimum absolute atomic E-state index is 0.0703. The average Bonchev–Trinajstić information content (AvgIpc) is 2.32. The summed E-state index contributed by atoms with van der Waals surface area (Å²) < 4.78 is 5.39. The van der Waals surface area contributed by atoms with Crippen molar-refractivity contribution in [1.82, 2.24) is 0 Å². The molecule has 0 radical (unpaired) electrons. The molecule has 0 aliphatic carbocycles. The Morgan fingerprint density at radius 3 is 2.71 bits per heavy atom. The Hall–Kier alpha value is -1.22. The molecule has 1 heterocycles. The molecule has 1 aliphatic rings. The Bertz CT molecular complexity index is 390. The van der Waals surface area contributed by atoms with Gasteiger partial charge in [0.25, 0.3) is 0 Å². The van der Waals surface area contributed by atoms with E-state index < -0.39 is 0 Å². The Morgan fingerprint density at radius 2 is 2.06 bits per heavy atom.